The Bertz CT molecular complexity index is 1700. The largest absolute Gasteiger partial charge is 0.462 e. The highest BCUT2D eigenvalue weighted by molar-refractivity contribution is 7.16. The van der Waals surface area contributed by atoms with Gasteiger partial charge in [-0.05, 0) is 61.2 Å². The lowest BCUT2D eigenvalue weighted by atomic mass is 9.98. The van der Waals surface area contributed by atoms with Crippen LogP contribution in [-0.2, 0) is 9.53 Å². The van der Waals surface area contributed by atoms with Crippen LogP contribution in [0.5, 0.6) is 0 Å². The number of hydrazone groups is 1. The fraction of sp³-hybridized carbons (Fsp3) is 0.176. The van der Waals surface area contributed by atoms with Gasteiger partial charge in [-0.2, -0.15) is 10.4 Å². The maximum atomic E-state index is 13.1. The molecule has 0 aliphatic carbocycles. The van der Waals surface area contributed by atoms with Gasteiger partial charge in [-0.15, -0.1) is 11.3 Å². The number of aryl methyl sites for hydroxylation is 1. The van der Waals surface area contributed by atoms with Crippen LogP contribution in [0.4, 0.5) is 10.7 Å². The Kier molecular flexibility index (Phi) is 8.60. The van der Waals surface area contributed by atoms with Crippen LogP contribution in [0.3, 0.4) is 0 Å². The van der Waals surface area contributed by atoms with E-state index in [4.69, 9.17) is 9.84 Å². The number of carbonyl (C=O) groups is 2. The van der Waals surface area contributed by atoms with Gasteiger partial charge < -0.3 is 10.1 Å². The summed E-state index contributed by atoms with van der Waals surface area (Å²) in [5.41, 5.74) is 5.86. The molecule has 0 fully saturated rings. The van der Waals surface area contributed by atoms with Crippen molar-refractivity contribution in [1.29, 1.82) is 5.26 Å². The molecule has 1 aliphatic heterocycles. The number of esters is 1. The highest BCUT2D eigenvalue weighted by Crippen LogP contribution is 2.37. The molecule has 1 N–H and O–H groups in total. The lowest BCUT2D eigenvalue weighted by Crippen LogP contribution is -2.18. The second kappa shape index (κ2) is 12.7. The van der Waals surface area contributed by atoms with E-state index < -0.39 is 11.9 Å². The number of rotatable bonds is 8. The summed E-state index contributed by atoms with van der Waals surface area (Å²) in [6.07, 6.45) is 2.30. The van der Waals surface area contributed by atoms with E-state index in [1.807, 2.05) is 85.6 Å². The van der Waals surface area contributed by atoms with E-state index >= 15 is 0 Å². The van der Waals surface area contributed by atoms with Crippen LogP contribution in [0.1, 0.15) is 56.9 Å². The first-order valence-electron chi connectivity index (χ1n) is 13.7. The number of carbonyl (C=O) groups excluding carboxylic acids is 2. The first-order chi connectivity index (χ1) is 20.4. The molecule has 0 radical (unpaired) electrons. The molecule has 2 heterocycles. The second-order valence-electron chi connectivity index (χ2n) is 9.81. The van der Waals surface area contributed by atoms with Crippen molar-refractivity contribution in [3.63, 3.8) is 0 Å². The SMILES string of the molecule is CCOC(=O)c1c(NC(=O)C(C#N)=Cc2ccc(N3N=C(c4ccccc4)CC3c3ccccc3)cc2)sc(C)c1C. The normalized spacial score (nSPS) is 14.7. The molecule has 210 valence electrons. The molecule has 1 unspecified atom stereocenters. The molecule has 3 aromatic carbocycles. The quantitative estimate of drug-likeness (QED) is 0.134. The molecule has 4 aromatic rings. The highest BCUT2D eigenvalue weighted by Gasteiger charge is 2.30. The van der Waals surface area contributed by atoms with Gasteiger partial charge in [0, 0.05) is 11.3 Å². The van der Waals surface area contributed by atoms with Crippen LogP contribution in [0, 0.1) is 25.2 Å². The molecular weight excluding hydrogens is 544 g/mol. The smallest absolute Gasteiger partial charge is 0.341 e. The zero-order chi connectivity index (χ0) is 29.6. The molecule has 0 bridgehead atoms. The van der Waals surface area contributed by atoms with Crippen molar-refractivity contribution in [2.24, 2.45) is 5.10 Å². The molecule has 42 heavy (non-hydrogen) atoms. The van der Waals surface area contributed by atoms with Crippen LogP contribution in [-0.4, -0.2) is 24.2 Å². The van der Waals surface area contributed by atoms with Gasteiger partial charge in [0.1, 0.15) is 16.6 Å². The standard InChI is InChI=1S/C34H30N4O3S/c1-4-41-34(40)31-22(2)23(3)42-33(31)36-32(39)27(21-35)19-24-15-17-28(18-16-24)38-30(26-13-9-6-10-14-26)20-29(37-38)25-11-7-5-8-12-25/h5-19,30H,4,20H2,1-3H3,(H,36,39). The summed E-state index contributed by atoms with van der Waals surface area (Å²) in [7, 11) is 0. The van der Waals surface area contributed by atoms with Crippen LogP contribution in [0.25, 0.3) is 6.08 Å². The van der Waals surface area contributed by atoms with Crippen molar-refractivity contribution in [3.8, 4) is 6.07 Å². The third kappa shape index (κ3) is 6.02. The molecule has 1 aliphatic rings. The van der Waals surface area contributed by atoms with Gasteiger partial charge in [0.05, 0.1) is 29.6 Å². The van der Waals surface area contributed by atoms with E-state index in [2.05, 4.69) is 29.6 Å². The number of nitrogens with one attached hydrogen (secondary N) is 1. The van der Waals surface area contributed by atoms with Crippen LogP contribution < -0.4 is 10.3 Å². The fourth-order valence-corrected chi connectivity index (χ4v) is 5.90. The fourth-order valence-electron chi connectivity index (χ4n) is 4.86. The molecule has 5 rings (SSSR count). The summed E-state index contributed by atoms with van der Waals surface area (Å²) in [5.74, 6) is -1.09. The Morgan fingerprint density at radius 1 is 1.05 bits per heavy atom. The van der Waals surface area contributed by atoms with E-state index in [1.165, 1.54) is 23.0 Å². The zero-order valence-corrected chi connectivity index (χ0v) is 24.4. The summed E-state index contributed by atoms with van der Waals surface area (Å²) in [6, 6.07) is 30.1. The van der Waals surface area contributed by atoms with Crippen LogP contribution in [0.15, 0.2) is 95.6 Å². The third-order valence-corrected chi connectivity index (χ3v) is 8.25. The first kappa shape index (κ1) is 28.5. The summed E-state index contributed by atoms with van der Waals surface area (Å²) in [6.45, 7) is 5.64. The molecule has 0 saturated heterocycles. The molecule has 1 amide bonds. The van der Waals surface area contributed by atoms with Gasteiger partial charge in [0.25, 0.3) is 5.91 Å². The number of amides is 1. The van der Waals surface area contributed by atoms with E-state index in [0.717, 1.165) is 33.8 Å². The van der Waals surface area contributed by atoms with Crippen LogP contribution in [0.2, 0.25) is 0 Å². The van der Waals surface area contributed by atoms with Crippen molar-refractivity contribution in [2.45, 2.75) is 33.2 Å². The van der Waals surface area contributed by atoms with Crippen molar-refractivity contribution in [2.75, 3.05) is 16.9 Å². The van der Waals surface area contributed by atoms with Gasteiger partial charge in [0.2, 0.25) is 0 Å². The molecule has 1 atom stereocenters. The zero-order valence-electron chi connectivity index (χ0n) is 23.6. The number of anilines is 2. The third-order valence-electron chi connectivity index (χ3n) is 7.13. The number of thiophene rings is 1. The second-order valence-corrected chi connectivity index (χ2v) is 11.0. The predicted octanol–water partition coefficient (Wildman–Crippen LogP) is 7.44. The van der Waals surface area contributed by atoms with Crippen molar-refractivity contribution < 1.29 is 14.3 Å². The molecule has 1 aromatic heterocycles. The summed E-state index contributed by atoms with van der Waals surface area (Å²) < 4.78 is 5.17. The van der Waals surface area contributed by atoms with Gasteiger partial charge in [-0.1, -0.05) is 72.8 Å². The summed E-state index contributed by atoms with van der Waals surface area (Å²) >= 11 is 1.28. The molecule has 7 nitrogen and oxygen atoms in total. The average Bonchev–Trinajstić information content (AvgIpc) is 3.58. The number of nitriles is 1. The summed E-state index contributed by atoms with van der Waals surface area (Å²) in [5, 5.41) is 19.9. The monoisotopic (exact) mass is 574 g/mol. The maximum Gasteiger partial charge on any atom is 0.341 e. The maximum absolute atomic E-state index is 13.1. The molecule has 8 heteroatoms. The Balaban J connectivity index is 1.39. The Morgan fingerprint density at radius 2 is 1.71 bits per heavy atom. The van der Waals surface area contributed by atoms with E-state index in [0.29, 0.717) is 16.1 Å². The van der Waals surface area contributed by atoms with E-state index in [9.17, 15) is 14.9 Å². The van der Waals surface area contributed by atoms with Crippen molar-refractivity contribution in [1.82, 2.24) is 0 Å². The van der Waals surface area contributed by atoms with Crippen molar-refractivity contribution in [3.05, 3.63) is 123 Å². The number of hydrogen-bond donors (Lipinski definition) is 1. The Hall–Kier alpha value is -5.00. The number of ether oxygens (including phenoxy) is 1. The highest BCUT2D eigenvalue weighted by atomic mass is 32.1. The van der Waals surface area contributed by atoms with E-state index in [1.54, 1.807) is 6.92 Å². The number of nitrogens with zero attached hydrogens (tertiary/aromatic N) is 3. The van der Waals surface area contributed by atoms with Gasteiger partial charge >= 0.3 is 5.97 Å². The van der Waals surface area contributed by atoms with Crippen molar-refractivity contribution >= 4 is 45.7 Å². The Morgan fingerprint density at radius 3 is 2.36 bits per heavy atom. The Labute approximate surface area is 249 Å². The minimum atomic E-state index is -0.589. The topological polar surface area (TPSA) is 94.8 Å². The lowest BCUT2D eigenvalue weighted by molar-refractivity contribution is -0.112. The van der Waals surface area contributed by atoms with Gasteiger partial charge in [0.15, 0.2) is 0 Å². The predicted molar refractivity (Wildman–Crippen MR) is 168 cm³/mol. The average molecular weight is 575 g/mol. The minimum absolute atomic E-state index is 0.0366. The van der Waals surface area contributed by atoms with Crippen LogP contribution >= 0.6 is 11.3 Å². The molecule has 0 saturated carbocycles. The lowest BCUT2D eigenvalue weighted by Gasteiger charge is -2.24. The minimum Gasteiger partial charge on any atom is -0.462 e. The number of benzene rings is 3. The number of hydrogen-bond acceptors (Lipinski definition) is 7. The van der Waals surface area contributed by atoms with Gasteiger partial charge in [-0.25, -0.2) is 4.79 Å². The van der Waals surface area contributed by atoms with E-state index in [-0.39, 0.29) is 18.2 Å². The van der Waals surface area contributed by atoms with Gasteiger partial charge in [-0.3, -0.25) is 9.80 Å². The first-order valence-corrected chi connectivity index (χ1v) is 14.5. The molecule has 0 spiro atoms. The molecular formula is C34H30N4O3S. The summed E-state index contributed by atoms with van der Waals surface area (Å²) in [4.78, 5) is 26.5.